The lowest BCUT2D eigenvalue weighted by molar-refractivity contribution is -0.143. The molecule has 0 rings (SSSR count). The molecule has 6 nitrogen and oxygen atoms in total. The Bertz CT molecular complexity index is 966. The Balaban J connectivity index is 3.47. The van der Waals surface area contributed by atoms with Crippen molar-refractivity contribution < 1.29 is 24.5 Å². The molecule has 0 aliphatic carbocycles. The van der Waals surface area contributed by atoms with Crippen LogP contribution in [0.4, 0.5) is 0 Å². The van der Waals surface area contributed by atoms with Crippen LogP contribution < -0.4 is 5.32 Å². The Morgan fingerprint density at radius 1 is 0.435 bits per heavy atom. The van der Waals surface area contributed by atoms with Crippen LogP contribution in [-0.2, 0) is 14.3 Å². The van der Waals surface area contributed by atoms with Crippen LogP contribution in [0.3, 0.4) is 0 Å². The zero-order valence-electron chi connectivity index (χ0n) is 41.6. The molecule has 2 atom stereocenters. The SMILES string of the molecule is CCCCCCCCCCCCCC/C=C/C(O)C(CO)NC(=O)CCCCCCCCC/C=C\CCCCCCCCOC(=O)CCCCCCCCCCCCCCCC. The number of carbonyl (C=O) groups is 2. The third-order valence-corrected chi connectivity index (χ3v) is 12.7. The van der Waals surface area contributed by atoms with Crippen molar-refractivity contribution in [3.05, 3.63) is 24.3 Å². The average molecular weight is 874 g/mol. The number of ether oxygens (including phenoxy) is 1. The minimum Gasteiger partial charge on any atom is -0.466 e. The monoisotopic (exact) mass is 874 g/mol. The summed E-state index contributed by atoms with van der Waals surface area (Å²) >= 11 is 0. The van der Waals surface area contributed by atoms with Crippen molar-refractivity contribution >= 4 is 11.9 Å². The lowest BCUT2D eigenvalue weighted by Crippen LogP contribution is -2.45. The van der Waals surface area contributed by atoms with E-state index in [1.165, 1.54) is 212 Å². The molecular weight excluding hydrogens is 767 g/mol. The zero-order chi connectivity index (χ0) is 45.1. The highest BCUT2D eigenvalue weighted by Gasteiger charge is 2.18. The minimum atomic E-state index is -0.851. The molecular formula is C56H107NO5. The first kappa shape index (κ1) is 60.3. The topological polar surface area (TPSA) is 95.9 Å². The lowest BCUT2D eigenvalue weighted by Gasteiger charge is -2.20. The molecule has 0 saturated heterocycles. The Hall–Kier alpha value is -1.66. The Labute approximate surface area is 386 Å². The number of carbonyl (C=O) groups excluding carboxylic acids is 2. The van der Waals surface area contributed by atoms with E-state index in [0.29, 0.717) is 19.4 Å². The molecule has 0 aliphatic heterocycles. The molecule has 0 fully saturated rings. The van der Waals surface area contributed by atoms with Crippen LogP contribution in [0.25, 0.3) is 0 Å². The van der Waals surface area contributed by atoms with Crippen LogP contribution in [0.5, 0.6) is 0 Å². The number of esters is 1. The highest BCUT2D eigenvalue weighted by Crippen LogP contribution is 2.16. The van der Waals surface area contributed by atoms with Crippen molar-refractivity contribution in [3.63, 3.8) is 0 Å². The summed E-state index contributed by atoms with van der Waals surface area (Å²) in [5.74, 6) is -0.0801. The molecule has 0 aromatic carbocycles. The Morgan fingerprint density at radius 3 is 1.15 bits per heavy atom. The molecule has 0 spiro atoms. The first-order valence-corrected chi connectivity index (χ1v) is 27.6. The summed E-state index contributed by atoms with van der Waals surface area (Å²) in [6.07, 6.45) is 61.9. The molecule has 0 aromatic rings. The fourth-order valence-electron chi connectivity index (χ4n) is 8.45. The van der Waals surface area contributed by atoms with Crippen LogP contribution in [-0.4, -0.2) is 47.4 Å². The van der Waals surface area contributed by atoms with Gasteiger partial charge in [0.15, 0.2) is 0 Å². The number of nitrogens with one attached hydrogen (secondary N) is 1. The number of aliphatic hydroxyl groups is 2. The molecule has 0 bridgehead atoms. The van der Waals surface area contributed by atoms with Gasteiger partial charge in [-0.05, 0) is 57.8 Å². The van der Waals surface area contributed by atoms with Gasteiger partial charge in [-0.3, -0.25) is 9.59 Å². The standard InChI is InChI=1S/C56H107NO5/c1-3-5-7-9-11-13-15-17-24-28-32-36-40-44-48-54(59)53(52-58)57-55(60)49-45-41-37-33-29-25-22-20-19-21-23-27-31-35-39-43-47-51-62-56(61)50-46-42-38-34-30-26-18-16-14-12-10-8-6-4-2/h19,21,44,48,53-54,58-59H,3-18,20,22-43,45-47,49-52H2,1-2H3,(H,57,60)/b21-19-,48-44+. The number of hydrogen-bond acceptors (Lipinski definition) is 5. The van der Waals surface area contributed by atoms with Gasteiger partial charge in [-0.1, -0.05) is 250 Å². The van der Waals surface area contributed by atoms with Gasteiger partial charge in [-0.2, -0.15) is 0 Å². The minimum absolute atomic E-state index is 0.000598. The molecule has 0 heterocycles. The second-order valence-electron chi connectivity index (χ2n) is 18.9. The van der Waals surface area contributed by atoms with Crippen LogP contribution in [0.2, 0.25) is 0 Å². The fourth-order valence-corrected chi connectivity index (χ4v) is 8.45. The lowest BCUT2D eigenvalue weighted by atomic mass is 10.0. The first-order valence-electron chi connectivity index (χ1n) is 27.6. The van der Waals surface area contributed by atoms with E-state index in [1.807, 2.05) is 6.08 Å². The average Bonchev–Trinajstić information content (AvgIpc) is 3.27. The van der Waals surface area contributed by atoms with Crippen molar-refractivity contribution in [2.24, 2.45) is 0 Å². The predicted molar refractivity (Wildman–Crippen MR) is 269 cm³/mol. The molecule has 0 radical (unpaired) electrons. The van der Waals surface area contributed by atoms with E-state index in [1.54, 1.807) is 6.08 Å². The van der Waals surface area contributed by atoms with Crippen LogP contribution in [0.1, 0.15) is 296 Å². The highest BCUT2D eigenvalue weighted by molar-refractivity contribution is 5.76. The summed E-state index contributed by atoms with van der Waals surface area (Å²) in [4.78, 5) is 24.5. The van der Waals surface area contributed by atoms with E-state index >= 15 is 0 Å². The van der Waals surface area contributed by atoms with Crippen molar-refractivity contribution in [2.75, 3.05) is 13.2 Å². The Morgan fingerprint density at radius 2 is 0.758 bits per heavy atom. The number of hydrogen-bond donors (Lipinski definition) is 3. The second-order valence-corrected chi connectivity index (χ2v) is 18.9. The maximum atomic E-state index is 12.4. The quantitative estimate of drug-likeness (QED) is 0.0321. The third-order valence-electron chi connectivity index (χ3n) is 12.7. The summed E-state index contributed by atoms with van der Waals surface area (Å²) in [5.41, 5.74) is 0. The number of unbranched alkanes of at least 4 members (excludes halogenated alkanes) is 38. The molecule has 1 amide bonds. The number of allylic oxidation sites excluding steroid dienone is 3. The molecule has 0 saturated carbocycles. The van der Waals surface area contributed by atoms with E-state index in [4.69, 9.17) is 4.74 Å². The molecule has 6 heteroatoms. The maximum Gasteiger partial charge on any atom is 0.305 e. The van der Waals surface area contributed by atoms with Gasteiger partial charge in [0.05, 0.1) is 25.4 Å². The van der Waals surface area contributed by atoms with Gasteiger partial charge in [0, 0.05) is 12.8 Å². The number of aliphatic hydroxyl groups excluding tert-OH is 2. The van der Waals surface area contributed by atoms with E-state index < -0.39 is 12.1 Å². The van der Waals surface area contributed by atoms with Gasteiger partial charge in [-0.15, -0.1) is 0 Å². The van der Waals surface area contributed by atoms with E-state index in [2.05, 4.69) is 31.3 Å². The number of amides is 1. The van der Waals surface area contributed by atoms with Crippen LogP contribution >= 0.6 is 0 Å². The van der Waals surface area contributed by atoms with Crippen LogP contribution in [0, 0.1) is 0 Å². The van der Waals surface area contributed by atoms with Gasteiger partial charge < -0.3 is 20.3 Å². The van der Waals surface area contributed by atoms with E-state index in [-0.39, 0.29) is 18.5 Å². The molecule has 0 aromatic heterocycles. The Kier molecular flexibility index (Phi) is 50.6. The number of rotatable bonds is 51. The van der Waals surface area contributed by atoms with Crippen molar-refractivity contribution in [2.45, 2.75) is 309 Å². The fraction of sp³-hybridized carbons (Fsp3) is 0.893. The van der Waals surface area contributed by atoms with E-state index in [9.17, 15) is 19.8 Å². The molecule has 2 unspecified atom stereocenters. The van der Waals surface area contributed by atoms with Crippen LogP contribution in [0.15, 0.2) is 24.3 Å². The van der Waals surface area contributed by atoms with Crippen molar-refractivity contribution in [3.8, 4) is 0 Å². The first-order chi connectivity index (χ1) is 30.5. The van der Waals surface area contributed by atoms with Crippen molar-refractivity contribution in [1.29, 1.82) is 0 Å². The normalized spacial score (nSPS) is 12.8. The highest BCUT2D eigenvalue weighted by atomic mass is 16.5. The van der Waals surface area contributed by atoms with E-state index in [0.717, 1.165) is 57.8 Å². The largest absolute Gasteiger partial charge is 0.466 e. The summed E-state index contributed by atoms with van der Waals surface area (Å²) in [6, 6.07) is -0.636. The summed E-state index contributed by atoms with van der Waals surface area (Å²) < 4.78 is 5.47. The zero-order valence-corrected chi connectivity index (χ0v) is 41.6. The molecule has 0 aliphatic rings. The van der Waals surface area contributed by atoms with Gasteiger partial charge in [-0.25, -0.2) is 0 Å². The smallest absolute Gasteiger partial charge is 0.305 e. The summed E-state index contributed by atoms with van der Waals surface area (Å²) in [5, 5.41) is 23.1. The predicted octanol–water partition coefficient (Wildman–Crippen LogP) is 16.7. The molecule has 62 heavy (non-hydrogen) atoms. The summed E-state index contributed by atoms with van der Waals surface area (Å²) in [6.45, 7) is 4.89. The van der Waals surface area contributed by atoms with Gasteiger partial charge >= 0.3 is 5.97 Å². The molecule has 366 valence electrons. The maximum absolute atomic E-state index is 12.4. The second kappa shape index (κ2) is 52.0. The van der Waals surface area contributed by atoms with Gasteiger partial charge in [0.25, 0.3) is 0 Å². The van der Waals surface area contributed by atoms with Gasteiger partial charge in [0.2, 0.25) is 5.91 Å². The summed E-state index contributed by atoms with van der Waals surface area (Å²) in [7, 11) is 0. The van der Waals surface area contributed by atoms with Gasteiger partial charge in [0.1, 0.15) is 0 Å². The third kappa shape index (κ3) is 47.8. The molecule has 3 N–H and O–H groups in total. The van der Waals surface area contributed by atoms with Crippen molar-refractivity contribution in [1.82, 2.24) is 5.32 Å².